The molecule has 7 nitrogen and oxygen atoms in total. The number of nitrogens with one attached hydrogen (secondary N) is 1. The Morgan fingerprint density at radius 3 is 2.75 bits per heavy atom. The largest absolute Gasteiger partial charge is 0.438 e. The highest BCUT2D eigenvalue weighted by molar-refractivity contribution is 7.88. The standard InChI is InChI=1S/C15H19N3O4S2/c1-18(2)24(20,21)13-9-8-11(22-13)14(19)17-15-16-10-6-4-3-5-7-12(10)23-15/h8-9H,3-7H2,1-2H3,(H,16,17,19). The van der Waals surface area contributed by atoms with E-state index in [2.05, 4.69) is 10.3 Å². The maximum atomic E-state index is 12.3. The van der Waals surface area contributed by atoms with Gasteiger partial charge in [0.05, 0.1) is 5.69 Å². The third-order valence-corrected chi connectivity index (χ3v) is 6.62. The highest BCUT2D eigenvalue weighted by atomic mass is 32.2. The number of carbonyl (C=O) groups is 1. The number of anilines is 1. The summed E-state index contributed by atoms with van der Waals surface area (Å²) >= 11 is 1.48. The van der Waals surface area contributed by atoms with Gasteiger partial charge in [-0.05, 0) is 37.8 Å². The van der Waals surface area contributed by atoms with E-state index in [1.807, 2.05) is 0 Å². The Labute approximate surface area is 144 Å². The minimum atomic E-state index is -3.70. The number of aryl methyl sites for hydroxylation is 2. The Hall–Kier alpha value is -1.71. The Kier molecular flexibility index (Phi) is 4.75. The van der Waals surface area contributed by atoms with Crippen LogP contribution < -0.4 is 5.32 Å². The lowest BCUT2D eigenvalue weighted by Crippen LogP contribution is -2.21. The van der Waals surface area contributed by atoms with Crippen LogP contribution in [0.5, 0.6) is 0 Å². The summed E-state index contributed by atoms with van der Waals surface area (Å²) in [6.45, 7) is 0. The molecule has 0 aromatic carbocycles. The van der Waals surface area contributed by atoms with Crippen LogP contribution in [-0.4, -0.2) is 37.7 Å². The molecule has 1 aliphatic carbocycles. The number of hydrogen-bond donors (Lipinski definition) is 1. The molecule has 0 saturated carbocycles. The summed E-state index contributed by atoms with van der Waals surface area (Å²) < 4.78 is 30.2. The van der Waals surface area contributed by atoms with E-state index in [1.165, 1.54) is 48.9 Å². The van der Waals surface area contributed by atoms with Gasteiger partial charge in [0.2, 0.25) is 5.09 Å². The summed E-state index contributed by atoms with van der Waals surface area (Å²) in [6, 6.07) is 2.63. The highest BCUT2D eigenvalue weighted by Gasteiger charge is 2.24. The third kappa shape index (κ3) is 3.38. The Balaban J connectivity index is 1.75. The van der Waals surface area contributed by atoms with Crippen molar-refractivity contribution in [1.29, 1.82) is 0 Å². The van der Waals surface area contributed by atoms with Gasteiger partial charge < -0.3 is 4.42 Å². The molecular weight excluding hydrogens is 350 g/mol. The number of thiazole rings is 1. The minimum absolute atomic E-state index is 0.0548. The van der Waals surface area contributed by atoms with E-state index in [1.54, 1.807) is 0 Å². The van der Waals surface area contributed by atoms with E-state index in [9.17, 15) is 13.2 Å². The molecule has 1 amide bonds. The maximum Gasteiger partial charge on any atom is 0.293 e. The SMILES string of the molecule is CN(C)S(=O)(=O)c1ccc(C(=O)Nc2nc3c(s2)CCCCC3)o1. The topological polar surface area (TPSA) is 92.5 Å². The molecule has 24 heavy (non-hydrogen) atoms. The summed E-state index contributed by atoms with van der Waals surface area (Å²) in [5.41, 5.74) is 1.06. The van der Waals surface area contributed by atoms with E-state index >= 15 is 0 Å². The summed E-state index contributed by atoms with van der Waals surface area (Å²) in [5, 5.41) is 2.97. The molecule has 9 heteroatoms. The maximum absolute atomic E-state index is 12.3. The second-order valence-electron chi connectivity index (χ2n) is 5.81. The quantitative estimate of drug-likeness (QED) is 0.836. The second kappa shape index (κ2) is 6.66. The number of hydrogen-bond acceptors (Lipinski definition) is 6. The first kappa shape index (κ1) is 17.1. The lowest BCUT2D eigenvalue weighted by Gasteiger charge is -2.07. The molecular formula is C15H19N3O4S2. The number of carbonyl (C=O) groups excluding carboxylic acids is 1. The van der Waals surface area contributed by atoms with E-state index in [4.69, 9.17) is 4.42 Å². The van der Waals surface area contributed by atoms with Gasteiger partial charge in [0, 0.05) is 19.0 Å². The monoisotopic (exact) mass is 369 g/mol. The summed E-state index contributed by atoms with van der Waals surface area (Å²) in [5.74, 6) is -0.556. The fraction of sp³-hybridized carbons (Fsp3) is 0.467. The Bertz CT molecular complexity index is 828. The van der Waals surface area contributed by atoms with Gasteiger partial charge in [-0.1, -0.05) is 6.42 Å². The van der Waals surface area contributed by atoms with Crippen LogP contribution >= 0.6 is 11.3 Å². The molecule has 0 radical (unpaired) electrons. The number of amides is 1. The molecule has 0 spiro atoms. The molecule has 0 bridgehead atoms. The van der Waals surface area contributed by atoms with Crippen LogP contribution in [0.4, 0.5) is 5.13 Å². The molecule has 2 aromatic rings. The number of aromatic nitrogens is 1. The lowest BCUT2D eigenvalue weighted by atomic mass is 10.2. The zero-order chi connectivity index (χ0) is 17.3. The molecule has 2 aromatic heterocycles. The van der Waals surface area contributed by atoms with Crippen molar-refractivity contribution in [3.63, 3.8) is 0 Å². The predicted molar refractivity (Wildman–Crippen MR) is 90.9 cm³/mol. The first-order valence-corrected chi connectivity index (χ1v) is 9.96. The molecule has 130 valence electrons. The van der Waals surface area contributed by atoms with Crippen molar-refractivity contribution >= 4 is 32.4 Å². The van der Waals surface area contributed by atoms with Crippen LogP contribution in [0.25, 0.3) is 0 Å². The summed E-state index contributed by atoms with van der Waals surface area (Å²) in [6.07, 6.45) is 5.41. The van der Waals surface area contributed by atoms with Crippen LogP contribution in [0.3, 0.4) is 0 Å². The number of rotatable bonds is 4. The molecule has 0 aliphatic heterocycles. The Morgan fingerprint density at radius 1 is 1.25 bits per heavy atom. The van der Waals surface area contributed by atoms with E-state index in [0.717, 1.165) is 35.7 Å². The zero-order valence-corrected chi connectivity index (χ0v) is 15.2. The first-order chi connectivity index (χ1) is 11.4. The molecule has 0 saturated heterocycles. The van der Waals surface area contributed by atoms with Gasteiger partial charge in [0.25, 0.3) is 15.9 Å². The van der Waals surface area contributed by atoms with E-state index in [0.29, 0.717) is 5.13 Å². The van der Waals surface area contributed by atoms with E-state index < -0.39 is 15.9 Å². The average molecular weight is 369 g/mol. The number of fused-ring (bicyclic) bond motifs is 1. The smallest absolute Gasteiger partial charge is 0.293 e. The van der Waals surface area contributed by atoms with Crippen LogP contribution in [0.2, 0.25) is 0 Å². The molecule has 1 N–H and O–H groups in total. The van der Waals surface area contributed by atoms with E-state index in [-0.39, 0.29) is 10.9 Å². The van der Waals surface area contributed by atoms with Crippen molar-refractivity contribution in [1.82, 2.24) is 9.29 Å². The van der Waals surface area contributed by atoms with Gasteiger partial charge in [0.15, 0.2) is 10.9 Å². The number of nitrogens with zero attached hydrogens (tertiary/aromatic N) is 2. The Morgan fingerprint density at radius 2 is 2.00 bits per heavy atom. The predicted octanol–water partition coefficient (Wildman–Crippen LogP) is 2.51. The molecule has 1 aliphatic rings. The first-order valence-electron chi connectivity index (χ1n) is 7.70. The molecule has 0 atom stereocenters. The number of furan rings is 1. The van der Waals surface area contributed by atoms with Crippen LogP contribution in [-0.2, 0) is 22.9 Å². The molecule has 3 rings (SSSR count). The fourth-order valence-corrected chi connectivity index (χ4v) is 4.34. The summed E-state index contributed by atoms with van der Waals surface area (Å²) in [4.78, 5) is 18.0. The highest BCUT2D eigenvalue weighted by Crippen LogP contribution is 2.29. The normalized spacial score (nSPS) is 15.1. The van der Waals surface area contributed by atoms with Crippen molar-refractivity contribution in [3.05, 3.63) is 28.5 Å². The van der Waals surface area contributed by atoms with Crippen molar-refractivity contribution in [2.75, 3.05) is 19.4 Å². The van der Waals surface area contributed by atoms with Crippen LogP contribution in [0, 0.1) is 0 Å². The second-order valence-corrected chi connectivity index (χ2v) is 8.98. The van der Waals surface area contributed by atoms with Gasteiger partial charge >= 0.3 is 0 Å². The third-order valence-electron chi connectivity index (χ3n) is 3.86. The van der Waals surface area contributed by atoms with Gasteiger partial charge in [-0.3, -0.25) is 10.1 Å². The average Bonchev–Trinajstić information content (AvgIpc) is 3.10. The number of sulfonamides is 1. The van der Waals surface area contributed by atoms with Crippen molar-refractivity contribution in [2.45, 2.75) is 37.2 Å². The zero-order valence-electron chi connectivity index (χ0n) is 13.5. The van der Waals surface area contributed by atoms with Crippen LogP contribution in [0.1, 0.15) is 40.4 Å². The molecule has 0 fully saturated rings. The van der Waals surface area contributed by atoms with Crippen molar-refractivity contribution in [2.24, 2.45) is 0 Å². The molecule has 0 unspecified atom stereocenters. The van der Waals surface area contributed by atoms with Gasteiger partial charge in [0.1, 0.15) is 0 Å². The van der Waals surface area contributed by atoms with Gasteiger partial charge in [-0.15, -0.1) is 11.3 Å². The summed E-state index contributed by atoms with van der Waals surface area (Å²) in [7, 11) is -0.889. The minimum Gasteiger partial charge on any atom is -0.438 e. The molecule has 2 heterocycles. The van der Waals surface area contributed by atoms with Gasteiger partial charge in [-0.25, -0.2) is 17.7 Å². The lowest BCUT2D eigenvalue weighted by molar-refractivity contribution is 0.0991. The van der Waals surface area contributed by atoms with Crippen molar-refractivity contribution in [3.8, 4) is 0 Å². The van der Waals surface area contributed by atoms with Crippen molar-refractivity contribution < 1.29 is 17.6 Å². The van der Waals surface area contributed by atoms with Crippen LogP contribution in [0.15, 0.2) is 21.6 Å². The fourth-order valence-electron chi connectivity index (χ4n) is 2.50. The van der Waals surface area contributed by atoms with Gasteiger partial charge in [-0.2, -0.15) is 0 Å².